The molecule has 2 fully saturated rings. The molecule has 5 rings (SSSR count). The van der Waals surface area contributed by atoms with Gasteiger partial charge in [0.2, 0.25) is 5.91 Å². The van der Waals surface area contributed by atoms with Crippen molar-refractivity contribution >= 4 is 23.2 Å². The van der Waals surface area contributed by atoms with E-state index in [1.54, 1.807) is 11.1 Å². The van der Waals surface area contributed by atoms with E-state index in [9.17, 15) is 14.0 Å². The fourth-order valence-electron chi connectivity index (χ4n) is 4.32. The van der Waals surface area contributed by atoms with Crippen molar-refractivity contribution < 1.29 is 18.8 Å². The fraction of sp³-hybridized carbons (Fsp3) is 0.167. The lowest BCUT2D eigenvalue weighted by atomic mass is 9.88. The van der Waals surface area contributed by atoms with Crippen LogP contribution in [-0.4, -0.2) is 17.9 Å². The lowest BCUT2D eigenvalue weighted by molar-refractivity contribution is -0.126. The predicted molar refractivity (Wildman–Crippen MR) is 110 cm³/mol. The third-order valence-corrected chi connectivity index (χ3v) is 5.70. The summed E-state index contributed by atoms with van der Waals surface area (Å²) in [5, 5.41) is 1.66. The quantitative estimate of drug-likeness (QED) is 0.617. The van der Waals surface area contributed by atoms with Crippen LogP contribution in [0, 0.1) is 18.7 Å². The van der Waals surface area contributed by atoms with E-state index in [4.69, 9.17) is 4.84 Å². The number of hydroxylamine groups is 1. The summed E-state index contributed by atoms with van der Waals surface area (Å²) in [6.07, 6.45) is -0.967. The largest absolute Gasteiger partial charge is 0.273 e. The minimum absolute atomic E-state index is 0.220. The van der Waals surface area contributed by atoms with Gasteiger partial charge in [0.05, 0.1) is 17.4 Å². The van der Waals surface area contributed by atoms with Gasteiger partial charge in [-0.2, -0.15) is 0 Å². The molecule has 2 heterocycles. The van der Waals surface area contributed by atoms with Crippen molar-refractivity contribution in [1.82, 2.24) is 0 Å². The van der Waals surface area contributed by atoms with Crippen molar-refractivity contribution in [1.29, 1.82) is 0 Å². The summed E-state index contributed by atoms with van der Waals surface area (Å²) < 4.78 is 13.8. The third kappa shape index (κ3) is 2.80. The van der Waals surface area contributed by atoms with Crippen molar-refractivity contribution in [3.8, 4) is 0 Å². The summed E-state index contributed by atoms with van der Waals surface area (Å²) in [5.41, 5.74) is 2.89. The summed E-state index contributed by atoms with van der Waals surface area (Å²) in [7, 11) is 0. The first-order valence-corrected chi connectivity index (χ1v) is 9.76. The van der Waals surface area contributed by atoms with Gasteiger partial charge in [-0.3, -0.25) is 14.4 Å². The number of imide groups is 1. The molecular weight excluding hydrogens is 383 g/mol. The van der Waals surface area contributed by atoms with E-state index >= 15 is 0 Å². The average Bonchev–Trinajstić information content (AvgIpc) is 3.25. The molecule has 0 saturated carbocycles. The summed E-state index contributed by atoms with van der Waals surface area (Å²) in [5.74, 6) is -2.11. The molecule has 3 aromatic rings. The van der Waals surface area contributed by atoms with Crippen LogP contribution in [0.3, 0.4) is 0 Å². The highest BCUT2D eigenvalue weighted by molar-refractivity contribution is 6.23. The van der Waals surface area contributed by atoms with Gasteiger partial charge in [0.1, 0.15) is 11.7 Å². The molecular formula is C24H19FN2O3. The molecule has 30 heavy (non-hydrogen) atoms. The molecule has 2 saturated heterocycles. The first-order chi connectivity index (χ1) is 14.6. The molecule has 150 valence electrons. The standard InChI is InChI=1S/C24H19FN2O3/c1-15-8-5-6-13-19(15)21-20-22(30-27(21)17-10-3-2-4-11-17)24(29)26(23(20)28)18-12-7-9-16(25)14-18/h2-14,20-22H,1H3/t20-,21-,22-/m1/s1. The molecule has 0 radical (unpaired) electrons. The zero-order chi connectivity index (χ0) is 20.8. The number of rotatable bonds is 3. The molecule has 5 nitrogen and oxygen atoms in total. The topological polar surface area (TPSA) is 49.9 Å². The smallest absolute Gasteiger partial charge is 0.266 e. The zero-order valence-electron chi connectivity index (χ0n) is 16.2. The Morgan fingerprint density at radius 2 is 1.53 bits per heavy atom. The zero-order valence-corrected chi connectivity index (χ0v) is 16.2. The Morgan fingerprint density at radius 3 is 2.27 bits per heavy atom. The van der Waals surface area contributed by atoms with Gasteiger partial charge >= 0.3 is 0 Å². The second-order valence-electron chi connectivity index (χ2n) is 7.51. The first-order valence-electron chi connectivity index (χ1n) is 9.76. The Kier molecular flexibility index (Phi) is 4.37. The van der Waals surface area contributed by atoms with E-state index in [1.165, 1.54) is 18.2 Å². The minimum atomic E-state index is -0.967. The van der Waals surface area contributed by atoms with Gasteiger partial charge in [-0.15, -0.1) is 0 Å². The van der Waals surface area contributed by atoms with E-state index < -0.39 is 29.8 Å². The Morgan fingerprint density at radius 1 is 0.833 bits per heavy atom. The number of hydrogen-bond donors (Lipinski definition) is 0. The van der Waals surface area contributed by atoms with Gasteiger partial charge in [0.15, 0.2) is 6.10 Å². The van der Waals surface area contributed by atoms with Crippen LogP contribution in [0.4, 0.5) is 15.8 Å². The molecule has 3 aromatic carbocycles. The lowest BCUT2D eigenvalue weighted by Crippen LogP contribution is -2.37. The van der Waals surface area contributed by atoms with Crippen molar-refractivity contribution in [3.63, 3.8) is 0 Å². The molecule has 0 spiro atoms. The second kappa shape index (κ2) is 7.07. The number of anilines is 2. The van der Waals surface area contributed by atoms with Crippen molar-refractivity contribution in [2.45, 2.75) is 19.1 Å². The molecule has 2 aliphatic heterocycles. The van der Waals surface area contributed by atoms with Crippen molar-refractivity contribution in [3.05, 3.63) is 95.8 Å². The molecule has 3 atom stereocenters. The van der Waals surface area contributed by atoms with E-state index in [0.29, 0.717) is 0 Å². The highest BCUT2D eigenvalue weighted by Gasteiger charge is 2.60. The number of fused-ring (bicyclic) bond motifs is 1. The van der Waals surface area contributed by atoms with Crippen LogP contribution >= 0.6 is 0 Å². The minimum Gasteiger partial charge on any atom is -0.273 e. The number of para-hydroxylation sites is 1. The number of nitrogens with zero attached hydrogens (tertiary/aromatic N) is 2. The van der Waals surface area contributed by atoms with Crippen LogP contribution in [0.25, 0.3) is 0 Å². The van der Waals surface area contributed by atoms with Crippen LogP contribution in [0.1, 0.15) is 17.2 Å². The molecule has 0 N–H and O–H groups in total. The Balaban J connectivity index is 1.61. The third-order valence-electron chi connectivity index (χ3n) is 5.70. The number of halogens is 1. The van der Waals surface area contributed by atoms with Crippen LogP contribution in [0.15, 0.2) is 78.9 Å². The fourth-order valence-corrected chi connectivity index (χ4v) is 4.32. The number of benzene rings is 3. The van der Waals surface area contributed by atoms with Gasteiger partial charge in [-0.1, -0.05) is 48.5 Å². The number of aryl methyl sites for hydroxylation is 1. The van der Waals surface area contributed by atoms with Crippen LogP contribution in [-0.2, 0) is 14.4 Å². The maximum Gasteiger partial charge on any atom is 0.266 e. The number of hydrogen-bond acceptors (Lipinski definition) is 4. The van der Waals surface area contributed by atoms with E-state index in [-0.39, 0.29) is 11.6 Å². The summed E-state index contributed by atoms with van der Waals surface area (Å²) in [6.45, 7) is 1.97. The average molecular weight is 402 g/mol. The number of carbonyl (C=O) groups is 2. The van der Waals surface area contributed by atoms with Gasteiger partial charge in [-0.05, 0) is 48.4 Å². The Labute approximate surface area is 173 Å². The highest BCUT2D eigenvalue weighted by Crippen LogP contribution is 2.48. The molecule has 0 bridgehead atoms. The van der Waals surface area contributed by atoms with Crippen LogP contribution in [0.2, 0.25) is 0 Å². The highest BCUT2D eigenvalue weighted by atomic mass is 19.1. The monoisotopic (exact) mass is 402 g/mol. The van der Waals surface area contributed by atoms with Crippen molar-refractivity contribution in [2.75, 3.05) is 9.96 Å². The van der Waals surface area contributed by atoms with Crippen LogP contribution in [0.5, 0.6) is 0 Å². The first kappa shape index (κ1) is 18.5. The van der Waals surface area contributed by atoms with Gasteiger partial charge in [0, 0.05) is 0 Å². The Hall–Kier alpha value is -3.51. The van der Waals surface area contributed by atoms with E-state index in [0.717, 1.165) is 21.7 Å². The second-order valence-corrected chi connectivity index (χ2v) is 7.51. The number of amides is 2. The van der Waals surface area contributed by atoms with Gasteiger partial charge < -0.3 is 0 Å². The molecule has 2 aliphatic rings. The maximum absolute atomic E-state index is 13.8. The normalized spacial score (nSPS) is 23.2. The molecule has 2 amide bonds. The van der Waals surface area contributed by atoms with Gasteiger partial charge in [0.25, 0.3) is 5.91 Å². The number of carbonyl (C=O) groups excluding carboxylic acids is 2. The predicted octanol–water partition coefficient (Wildman–Crippen LogP) is 4.19. The van der Waals surface area contributed by atoms with Gasteiger partial charge in [-0.25, -0.2) is 14.4 Å². The SMILES string of the molecule is Cc1ccccc1[C@@H]1[C@H]2C(=O)N(c3cccc(F)c3)C(=O)[C@@H]2ON1c1ccccc1. The maximum atomic E-state index is 13.8. The summed E-state index contributed by atoms with van der Waals surface area (Å²) >= 11 is 0. The Bertz CT molecular complexity index is 1130. The summed E-state index contributed by atoms with van der Waals surface area (Å²) in [4.78, 5) is 33.8. The van der Waals surface area contributed by atoms with E-state index in [2.05, 4.69) is 0 Å². The molecule has 0 unspecified atom stereocenters. The van der Waals surface area contributed by atoms with E-state index in [1.807, 2.05) is 61.5 Å². The lowest BCUT2D eigenvalue weighted by Gasteiger charge is -2.29. The summed E-state index contributed by atoms with van der Waals surface area (Å²) in [6, 6.07) is 22.2. The molecule has 0 aliphatic carbocycles. The van der Waals surface area contributed by atoms with Crippen molar-refractivity contribution in [2.24, 2.45) is 5.92 Å². The molecule has 6 heteroatoms. The van der Waals surface area contributed by atoms with Crippen LogP contribution < -0.4 is 9.96 Å². The molecule has 0 aromatic heterocycles.